The summed E-state index contributed by atoms with van der Waals surface area (Å²) in [6, 6.07) is 14.2. The number of para-hydroxylation sites is 1. The number of benzene rings is 2. The molecule has 0 spiro atoms. The predicted octanol–water partition coefficient (Wildman–Crippen LogP) is 4.90. The highest BCUT2D eigenvalue weighted by Gasteiger charge is 2.28. The molecule has 1 aliphatic rings. The summed E-state index contributed by atoms with van der Waals surface area (Å²) in [6.07, 6.45) is 1.60. The number of nitro benzene ring substituents is 1. The van der Waals surface area contributed by atoms with Crippen molar-refractivity contribution in [2.45, 2.75) is 12.4 Å². The van der Waals surface area contributed by atoms with Crippen molar-refractivity contribution in [1.29, 1.82) is 0 Å². The van der Waals surface area contributed by atoms with Gasteiger partial charge in [0.25, 0.3) is 11.6 Å². The van der Waals surface area contributed by atoms with E-state index in [2.05, 4.69) is 10.6 Å². The van der Waals surface area contributed by atoms with Gasteiger partial charge in [-0.1, -0.05) is 23.9 Å². The van der Waals surface area contributed by atoms with E-state index >= 15 is 0 Å². The summed E-state index contributed by atoms with van der Waals surface area (Å²) >= 11 is 1.22. The molecule has 1 atom stereocenters. The summed E-state index contributed by atoms with van der Waals surface area (Å²) in [4.78, 5) is 23.1. The average molecular weight is 425 g/mol. The highest BCUT2D eigenvalue weighted by atomic mass is 32.2. The van der Waals surface area contributed by atoms with Crippen LogP contribution in [-0.2, 0) is 4.79 Å². The summed E-state index contributed by atoms with van der Waals surface area (Å²) in [5.74, 6) is 0.308. The second-order valence-electron chi connectivity index (χ2n) is 6.56. The number of hydrogen-bond donors (Lipinski definition) is 2. The molecule has 7 nitrogen and oxygen atoms in total. The van der Waals surface area contributed by atoms with Crippen molar-refractivity contribution in [2.75, 3.05) is 5.32 Å². The molecule has 1 amide bonds. The normalized spacial score (nSPS) is 17.2. The molecular weight excluding hydrogens is 409 g/mol. The van der Waals surface area contributed by atoms with Crippen LogP contribution >= 0.6 is 11.8 Å². The SMILES string of the molecule is Cc1cc([N+](=O)[O-])ccc1-c1ccc(/C=C2\SC(Nc3ccccc3F)NC2=O)o1. The van der Waals surface area contributed by atoms with Crippen molar-refractivity contribution in [1.82, 2.24) is 5.32 Å². The number of thioether (sulfide) groups is 1. The molecule has 0 radical (unpaired) electrons. The Morgan fingerprint density at radius 1 is 1.23 bits per heavy atom. The number of anilines is 1. The summed E-state index contributed by atoms with van der Waals surface area (Å²) in [5, 5.41) is 16.6. The van der Waals surface area contributed by atoms with Crippen LogP contribution < -0.4 is 10.6 Å². The van der Waals surface area contributed by atoms with E-state index in [1.807, 2.05) is 0 Å². The third-order valence-corrected chi connectivity index (χ3v) is 5.51. The first-order valence-corrected chi connectivity index (χ1v) is 9.84. The van der Waals surface area contributed by atoms with Crippen molar-refractivity contribution in [3.8, 4) is 11.3 Å². The first-order valence-electron chi connectivity index (χ1n) is 8.96. The van der Waals surface area contributed by atoms with Gasteiger partial charge in [0.2, 0.25) is 0 Å². The fourth-order valence-electron chi connectivity index (χ4n) is 3.03. The molecule has 9 heteroatoms. The minimum atomic E-state index is -0.507. The molecule has 2 heterocycles. The van der Waals surface area contributed by atoms with E-state index in [-0.39, 0.29) is 11.6 Å². The van der Waals surface area contributed by atoms with Gasteiger partial charge in [-0.25, -0.2) is 4.39 Å². The number of amides is 1. The lowest BCUT2D eigenvalue weighted by atomic mass is 10.1. The van der Waals surface area contributed by atoms with E-state index in [0.29, 0.717) is 27.7 Å². The minimum Gasteiger partial charge on any atom is -0.457 e. The molecule has 2 aromatic carbocycles. The Kier molecular flexibility index (Phi) is 5.28. The number of nitrogens with one attached hydrogen (secondary N) is 2. The van der Waals surface area contributed by atoms with E-state index in [4.69, 9.17) is 4.42 Å². The van der Waals surface area contributed by atoms with Crippen molar-refractivity contribution < 1.29 is 18.5 Å². The van der Waals surface area contributed by atoms with Gasteiger partial charge in [0, 0.05) is 23.8 Å². The van der Waals surface area contributed by atoms with Crippen molar-refractivity contribution in [2.24, 2.45) is 0 Å². The Morgan fingerprint density at radius 2 is 2.03 bits per heavy atom. The number of hydrogen-bond acceptors (Lipinski definition) is 6. The number of rotatable bonds is 5. The molecule has 0 saturated carbocycles. The highest BCUT2D eigenvalue weighted by molar-refractivity contribution is 8.05. The van der Waals surface area contributed by atoms with Crippen LogP contribution in [0, 0.1) is 22.9 Å². The first kappa shape index (κ1) is 19.7. The quantitative estimate of drug-likeness (QED) is 0.343. The summed E-state index contributed by atoms with van der Waals surface area (Å²) in [6.45, 7) is 1.77. The standard InChI is InChI=1S/C21H16FN3O4S/c1-12-10-13(25(27)28)6-8-15(12)18-9-7-14(29-18)11-19-20(26)24-21(30-19)23-17-5-3-2-4-16(17)22/h2-11,21,23H,1H3,(H,24,26)/b19-11-. The van der Waals surface area contributed by atoms with Gasteiger partial charge in [-0.15, -0.1) is 0 Å². The molecule has 3 aromatic rings. The van der Waals surface area contributed by atoms with E-state index in [9.17, 15) is 19.3 Å². The maximum absolute atomic E-state index is 13.8. The topological polar surface area (TPSA) is 97.4 Å². The van der Waals surface area contributed by atoms with Crippen LogP contribution in [0.25, 0.3) is 17.4 Å². The van der Waals surface area contributed by atoms with Gasteiger partial charge in [-0.3, -0.25) is 14.9 Å². The van der Waals surface area contributed by atoms with Gasteiger partial charge in [0.15, 0.2) is 5.50 Å². The molecule has 0 bridgehead atoms. The van der Waals surface area contributed by atoms with Crippen LogP contribution in [-0.4, -0.2) is 16.3 Å². The molecule has 1 aliphatic heterocycles. The number of aryl methyl sites for hydroxylation is 1. The van der Waals surface area contributed by atoms with Crippen LogP contribution in [0.15, 0.2) is 63.9 Å². The largest absolute Gasteiger partial charge is 0.457 e. The van der Waals surface area contributed by atoms with E-state index in [0.717, 1.165) is 5.56 Å². The molecular formula is C21H16FN3O4S. The number of non-ortho nitro benzene ring substituents is 1. The Morgan fingerprint density at radius 3 is 2.77 bits per heavy atom. The molecule has 152 valence electrons. The van der Waals surface area contributed by atoms with Crippen LogP contribution in [0.3, 0.4) is 0 Å². The molecule has 1 aromatic heterocycles. The van der Waals surface area contributed by atoms with Crippen LogP contribution in [0.4, 0.5) is 15.8 Å². The van der Waals surface area contributed by atoms with Crippen LogP contribution in [0.1, 0.15) is 11.3 Å². The molecule has 1 saturated heterocycles. The lowest BCUT2D eigenvalue weighted by molar-refractivity contribution is -0.384. The molecule has 1 unspecified atom stereocenters. The second kappa shape index (κ2) is 8.03. The number of halogens is 1. The van der Waals surface area contributed by atoms with Crippen molar-refractivity contribution >= 4 is 35.1 Å². The average Bonchev–Trinajstić information content (AvgIpc) is 3.30. The summed E-state index contributed by atoms with van der Waals surface area (Å²) in [7, 11) is 0. The molecule has 2 N–H and O–H groups in total. The Hall–Kier alpha value is -3.59. The Bertz CT molecular complexity index is 1170. The number of nitro groups is 1. The Balaban J connectivity index is 1.51. The monoisotopic (exact) mass is 425 g/mol. The lowest BCUT2D eigenvalue weighted by Gasteiger charge is -2.12. The highest BCUT2D eigenvalue weighted by Crippen LogP contribution is 2.33. The smallest absolute Gasteiger partial charge is 0.269 e. The van der Waals surface area contributed by atoms with E-state index < -0.39 is 16.2 Å². The van der Waals surface area contributed by atoms with Gasteiger partial charge in [0.1, 0.15) is 17.3 Å². The zero-order valence-electron chi connectivity index (χ0n) is 15.7. The third-order valence-electron chi connectivity index (χ3n) is 4.48. The molecule has 0 aliphatic carbocycles. The second-order valence-corrected chi connectivity index (χ2v) is 7.71. The lowest BCUT2D eigenvalue weighted by Crippen LogP contribution is -2.31. The van der Waals surface area contributed by atoms with Crippen molar-refractivity contribution in [3.63, 3.8) is 0 Å². The Labute approximate surface area is 175 Å². The first-order chi connectivity index (χ1) is 14.4. The van der Waals surface area contributed by atoms with E-state index in [1.165, 1.54) is 30.0 Å². The van der Waals surface area contributed by atoms with Gasteiger partial charge >= 0.3 is 0 Å². The van der Waals surface area contributed by atoms with Gasteiger partial charge < -0.3 is 15.1 Å². The molecule has 30 heavy (non-hydrogen) atoms. The van der Waals surface area contributed by atoms with Gasteiger partial charge in [0.05, 0.1) is 15.5 Å². The zero-order chi connectivity index (χ0) is 21.3. The summed E-state index contributed by atoms with van der Waals surface area (Å²) < 4.78 is 19.6. The van der Waals surface area contributed by atoms with Crippen LogP contribution in [0.5, 0.6) is 0 Å². The third kappa shape index (κ3) is 4.06. The number of carbonyl (C=O) groups is 1. The van der Waals surface area contributed by atoms with Crippen LogP contribution in [0.2, 0.25) is 0 Å². The summed E-state index contributed by atoms with van der Waals surface area (Å²) in [5.41, 5.74) is 1.24. The maximum atomic E-state index is 13.8. The zero-order valence-corrected chi connectivity index (χ0v) is 16.5. The number of nitrogens with zero attached hydrogens (tertiary/aromatic N) is 1. The molecule has 4 rings (SSSR count). The fraction of sp³-hybridized carbons (Fsp3) is 0.0952. The van der Waals surface area contributed by atoms with Gasteiger partial charge in [-0.2, -0.15) is 0 Å². The number of carbonyl (C=O) groups excluding carboxylic acids is 1. The minimum absolute atomic E-state index is 0.0116. The molecule has 1 fully saturated rings. The number of furan rings is 1. The van der Waals surface area contributed by atoms with Crippen molar-refractivity contribution in [3.05, 3.63) is 86.8 Å². The maximum Gasteiger partial charge on any atom is 0.269 e. The van der Waals surface area contributed by atoms with Gasteiger partial charge in [-0.05, 0) is 42.8 Å². The fourth-order valence-corrected chi connectivity index (χ4v) is 3.98. The predicted molar refractivity (Wildman–Crippen MR) is 113 cm³/mol. The van der Waals surface area contributed by atoms with E-state index in [1.54, 1.807) is 49.4 Å².